The molecule has 142 valence electrons. The van der Waals surface area contributed by atoms with Gasteiger partial charge in [-0.1, -0.05) is 43.1 Å². The maximum absolute atomic E-state index is 12.6. The summed E-state index contributed by atoms with van der Waals surface area (Å²) in [6.07, 6.45) is 0. The highest BCUT2D eigenvalue weighted by Crippen LogP contribution is 2.23. The number of rotatable bonds is 6. The highest BCUT2D eigenvalue weighted by atomic mass is 35.5. The minimum absolute atomic E-state index is 0.0526. The Hall–Kier alpha value is -2.93. The molecule has 2 amide bonds. The predicted molar refractivity (Wildman–Crippen MR) is 104 cm³/mol. The molecule has 8 heteroatoms. The lowest BCUT2D eigenvalue weighted by molar-refractivity contribution is -0.384. The van der Waals surface area contributed by atoms with Crippen molar-refractivity contribution >= 4 is 34.8 Å². The van der Waals surface area contributed by atoms with Gasteiger partial charge in [-0.05, 0) is 31.0 Å². The average molecular weight is 390 g/mol. The minimum atomic E-state index is -0.801. The second-order valence-corrected chi connectivity index (χ2v) is 6.88. The molecule has 2 aromatic carbocycles. The molecule has 0 fully saturated rings. The summed E-state index contributed by atoms with van der Waals surface area (Å²) in [6, 6.07) is 10.1. The number of halogens is 1. The van der Waals surface area contributed by atoms with Crippen LogP contribution < -0.4 is 10.6 Å². The van der Waals surface area contributed by atoms with E-state index in [0.717, 1.165) is 11.6 Å². The smallest absolute Gasteiger partial charge is 0.270 e. The van der Waals surface area contributed by atoms with E-state index in [0.29, 0.717) is 5.69 Å². The SMILES string of the molecule is Cc1ccc(NC(=O)[C@@H](NC(=O)c2ccc([N+](=O)[O-])cc2Cl)C(C)C)cc1. The number of non-ortho nitro benzene ring substituents is 1. The molecule has 0 aromatic heterocycles. The molecular formula is C19H20ClN3O4. The molecule has 0 aliphatic rings. The average Bonchev–Trinajstić information content (AvgIpc) is 2.60. The maximum atomic E-state index is 12.6. The van der Waals surface area contributed by atoms with E-state index in [1.54, 1.807) is 26.0 Å². The summed E-state index contributed by atoms with van der Waals surface area (Å²) in [5.74, 6) is -1.12. The quantitative estimate of drug-likeness (QED) is 0.576. The molecule has 0 aliphatic carbocycles. The van der Waals surface area contributed by atoms with Crippen molar-refractivity contribution in [1.82, 2.24) is 5.32 Å². The Morgan fingerprint density at radius 1 is 1.11 bits per heavy atom. The van der Waals surface area contributed by atoms with E-state index >= 15 is 0 Å². The van der Waals surface area contributed by atoms with Gasteiger partial charge in [0.25, 0.3) is 11.6 Å². The van der Waals surface area contributed by atoms with E-state index in [4.69, 9.17) is 11.6 Å². The molecule has 27 heavy (non-hydrogen) atoms. The van der Waals surface area contributed by atoms with E-state index in [1.165, 1.54) is 12.1 Å². The molecule has 2 rings (SSSR count). The molecule has 0 bridgehead atoms. The molecule has 0 heterocycles. The van der Waals surface area contributed by atoms with E-state index in [1.807, 2.05) is 19.1 Å². The number of hydrogen-bond donors (Lipinski definition) is 2. The number of anilines is 1. The van der Waals surface area contributed by atoms with Crippen LogP contribution in [0.3, 0.4) is 0 Å². The van der Waals surface area contributed by atoms with Crippen molar-refractivity contribution in [3.8, 4) is 0 Å². The summed E-state index contributed by atoms with van der Waals surface area (Å²) in [6.45, 7) is 5.55. The predicted octanol–water partition coefficient (Wildman–Crippen LogP) is 3.95. The number of carbonyl (C=O) groups excluding carboxylic acids is 2. The Balaban J connectivity index is 2.15. The Labute approximate surface area is 161 Å². The van der Waals surface area contributed by atoms with Crippen LogP contribution in [-0.4, -0.2) is 22.8 Å². The lowest BCUT2D eigenvalue weighted by Crippen LogP contribution is -2.47. The Morgan fingerprint density at radius 3 is 2.26 bits per heavy atom. The van der Waals surface area contributed by atoms with E-state index in [2.05, 4.69) is 10.6 Å². The van der Waals surface area contributed by atoms with Gasteiger partial charge in [0.05, 0.1) is 15.5 Å². The van der Waals surface area contributed by atoms with Crippen LogP contribution >= 0.6 is 11.6 Å². The molecule has 0 radical (unpaired) electrons. The normalized spacial score (nSPS) is 11.7. The zero-order valence-electron chi connectivity index (χ0n) is 15.2. The number of carbonyl (C=O) groups is 2. The van der Waals surface area contributed by atoms with Crippen molar-refractivity contribution < 1.29 is 14.5 Å². The molecule has 0 spiro atoms. The number of amides is 2. The van der Waals surface area contributed by atoms with Crippen LogP contribution in [0.4, 0.5) is 11.4 Å². The fraction of sp³-hybridized carbons (Fsp3) is 0.263. The Bertz CT molecular complexity index is 866. The molecular weight excluding hydrogens is 370 g/mol. The standard InChI is InChI=1S/C19H20ClN3O4/c1-11(2)17(19(25)21-13-6-4-12(3)5-7-13)22-18(24)15-9-8-14(23(26)27)10-16(15)20/h4-11,17H,1-3H3,(H,21,25)(H,22,24)/t17-/m0/s1. The van der Waals surface area contributed by atoms with Crippen molar-refractivity contribution in [2.24, 2.45) is 5.92 Å². The van der Waals surface area contributed by atoms with Crippen molar-refractivity contribution in [3.63, 3.8) is 0 Å². The number of benzene rings is 2. The van der Waals surface area contributed by atoms with Gasteiger partial charge in [0.2, 0.25) is 5.91 Å². The molecule has 0 unspecified atom stereocenters. The van der Waals surface area contributed by atoms with Crippen molar-refractivity contribution in [2.45, 2.75) is 26.8 Å². The number of nitro groups is 1. The monoisotopic (exact) mass is 389 g/mol. The zero-order chi connectivity index (χ0) is 20.1. The lowest BCUT2D eigenvalue weighted by Gasteiger charge is -2.22. The van der Waals surface area contributed by atoms with E-state index in [9.17, 15) is 19.7 Å². The van der Waals surface area contributed by atoms with Crippen LogP contribution in [-0.2, 0) is 4.79 Å². The molecule has 0 saturated heterocycles. The Morgan fingerprint density at radius 2 is 1.74 bits per heavy atom. The van der Waals surface area contributed by atoms with Gasteiger partial charge < -0.3 is 10.6 Å². The first-order valence-electron chi connectivity index (χ1n) is 8.31. The van der Waals surface area contributed by atoms with Crippen molar-refractivity contribution in [1.29, 1.82) is 0 Å². The largest absolute Gasteiger partial charge is 0.340 e. The number of nitrogens with zero attached hydrogens (tertiary/aromatic N) is 1. The zero-order valence-corrected chi connectivity index (χ0v) is 15.9. The number of hydrogen-bond acceptors (Lipinski definition) is 4. The third kappa shape index (κ3) is 5.27. The van der Waals surface area contributed by atoms with Crippen LogP contribution in [0.5, 0.6) is 0 Å². The van der Waals surface area contributed by atoms with Gasteiger partial charge in [-0.3, -0.25) is 19.7 Å². The van der Waals surface area contributed by atoms with Crippen LogP contribution in [0.15, 0.2) is 42.5 Å². The van der Waals surface area contributed by atoms with E-state index in [-0.39, 0.29) is 28.1 Å². The van der Waals surface area contributed by atoms with Crippen LogP contribution in [0, 0.1) is 23.0 Å². The summed E-state index contributed by atoms with van der Waals surface area (Å²) in [5.41, 5.74) is 1.54. The summed E-state index contributed by atoms with van der Waals surface area (Å²) in [5, 5.41) is 16.1. The van der Waals surface area contributed by atoms with Crippen LogP contribution in [0.25, 0.3) is 0 Å². The number of aryl methyl sites for hydroxylation is 1. The summed E-state index contributed by atoms with van der Waals surface area (Å²) in [4.78, 5) is 35.3. The molecule has 0 saturated carbocycles. The van der Waals surface area contributed by atoms with Crippen molar-refractivity contribution in [2.75, 3.05) is 5.32 Å². The fourth-order valence-electron chi connectivity index (χ4n) is 2.41. The molecule has 2 aromatic rings. The topological polar surface area (TPSA) is 101 Å². The Kier molecular flexibility index (Phi) is 6.52. The van der Waals surface area contributed by atoms with Gasteiger partial charge in [-0.25, -0.2) is 0 Å². The van der Waals surface area contributed by atoms with Gasteiger partial charge in [0.15, 0.2) is 0 Å². The van der Waals surface area contributed by atoms with Gasteiger partial charge in [0.1, 0.15) is 6.04 Å². The van der Waals surface area contributed by atoms with Gasteiger partial charge in [-0.2, -0.15) is 0 Å². The van der Waals surface area contributed by atoms with Crippen LogP contribution in [0.2, 0.25) is 5.02 Å². The van der Waals surface area contributed by atoms with Crippen molar-refractivity contribution in [3.05, 3.63) is 68.7 Å². The molecule has 7 nitrogen and oxygen atoms in total. The molecule has 0 aliphatic heterocycles. The number of nitro benzene ring substituents is 1. The van der Waals surface area contributed by atoms with Gasteiger partial charge in [0, 0.05) is 17.8 Å². The summed E-state index contributed by atoms with van der Waals surface area (Å²) < 4.78 is 0. The maximum Gasteiger partial charge on any atom is 0.270 e. The molecule has 1 atom stereocenters. The minimum Gasteiger partial charge on any atom is -0.340 e. The third-order valence-electron chi connectivity index (χ3n) is 3.96. The first kappa shape index (κ1) is 20.4. The lowest BCUT2D eigenvalue weighted by atomic mass is 10.0. The second-order valence-electron chi connectivity index (χ2n) is 6.47. The second kappa shape index (κ2) is 8.64. The number of nitrogens with one attached hydrogen (secondary N) is 2. The first-order chi connectivity index (χ1) is 12.7. The van der Waals surface area contributed by atoms with E-state index < -0.39 is 16.9 Å². The highest BCUT2D eigenvalue weighted by Gasteiger charge is 2.26. The van der Waals surface area contributed by atoms with Gasteiger partial charge >= 0.3 is 0 Å². The molecule has 2 N–H and O–H groups in total. The summed E-state index contributed by atoms with van der Waals surface area (Å²) in [7, 11) is 0. The van der Waals surface area contributed by atoms with Gasteiger partial charge in [-0.15, -0.1) is 0 Å². The third-order valence-corrected chi connectivity index (χ3v) is 4.28. The first-order valence-corrected chi connectivity index (χ1v) is 8.69. The fourth-order valence-corrected chi connectivity index (χ4v) is 2.67. The van der Waals surface area contributed by atoms with Crippen LogP contribution in [0.1, 0.15) is 29.8 Å². The summed E-state index contributed by atoms with van der Waals surface area (Å²) >= 11 is 5.99. The highest BCUT2D eigenvalue weighted by molar-refractivity contribution is 6.34.